The zero-order valence-corrected chi connectivity index (χ0v) is 10.2. The molecule has 1 atom stereocenters. The third-order valence-electron chi connectivity index (χ3n) is 2.75. The summed E-state index contributed by atoms with van der Waals surface area (Å²) in [5.41, 5.74) is 1.13. The second-order valence-electron chi connectivity index (χ2n) is 3.89. The van der Waals surface area contributed by atoms with Crippen molar-refractivity contribution >= 4 is 18.4 Å². The number of benzene rings is 1. The van der Waals surface area contributed by atoms with Gasteiger partial charge < -0.3 is 9.84 Å². The van der Waals surface area contributed by atoms with Gasteiger partial charge in [-0.25, -0.2) is 0 Å². The minimum absolute atomic E-state index is 0. The molecule has 0 spiro atoms. The van der Waals surface area contributed by atoms with Crippen LogP contribution in [0.2, 0.25) is 0 Å². The van der Waals surface area contributed by atoms with Crippen LogP contribution in [-0.2, 0) is 16.1 Å². The van der Waals surface area contributed by atoms with Gasteiger partial charge in [-0.3, -0.25) is 9.69 Å². The molecule has 1 saturated heterocycles. The largest absolute Gasteiger partial charge is 0.480 e. The molecule has 1 aliphatic rings. The third kappa shape index (κ3) is 3.70. The summed E-state index contributed by atoms with van der Waals surface area (Å²) in [4.78, 5) is 13.0. The number of halogens is 1. The normalized spacial score (nSPS) is 20.6. The van der Waals surface area contributed by atoms with E-state index in [0.717, 1.165) is 5.56 Å². The van der Waals surface area contributed by atoms with E-state index >= 15 is 0 Å². The van der Waals surface area contributed by atoms with E-state index in [1.807, 2.05) is 35.2 Å². The van der Waals surface area contributed by atoms with Crippen molar-refractivity contribution in [2.24, 2.45) is 0 Å². The molecule has 0 radical (unpaired) electrons. The van der Waals surface area contributed by atoms with Gasteiger partial charge in [0.2, 0.25) is 0 Å². The topological polar surface area (TPSA) is 49.8 Å². The van der Waals surface area contributed by atoms with Gasteiger partial charge in [0.1, 0.15) is 6.04 Å². The van der Waals surface area contributed by atoms with E-state index in [0.29, 0.717) is 19.7 Å². The van der Waals surface area contributed by atoms with Crippen LogP contribution >= 0.6 is 12.4 Å². The van der Waals surface area contributed by atoms with E-state index in [1.54, 1.807) is 0 Å². The van der Waals surface area contributed by atoms with E-state index in [4.69, 9.17) is 9.84 Å². The molecule has 0 amide bonds. The monoisotopic (exact) mass is 257 g/mol. The van der Waals surface area contributed by atoms with Crippen LogP contribution in [0.1, 0.15) is 5.56 Å². The summed E-state index contributed by atoms with van der Waals surface area (Å²) in [5.74, 6) is -0.810. The summed E-state index contributed by atoms with van der Waals surface area (Å²) < 4.78 is 5.19. The van der Waals surface area contributed by atoms with E-state index in [9.17, 15) is 4.79 Å². The quantitative estimate of drug-likeness (QED) is 0.889. The molecule has 4 nitrogen and oxygen atoms in total. The summed E-state index contributed by atoms with van der Waals surface area (Å²) in [6.07, 6.45) is 0. The van der Waals surface area contributed by atoms with Crippen molar-refractivity contribution in [1.82, 2.24) is 4.90 Å². The molecule has 1 heterocycles. The molecular weight excluding hydrogens is 242 g/mol. The molecule has 0 aliphatic carbocycles. The third-order valence-corrected chi connectivity index (χ3v) is 2.75. The first-order valence-electron chi connectivity index (χ1n) is 5.36. The van der Waals surface area contributed by atoms with Crippen LogP contribution in [0.15, 0.2) is 30.3 Å². The Bertz CT molecular complexity index is 358. The molecule has 2 rings (SSSR count). The van der Waals surface area contributed by atoms with Crippen molar-refractivity contribution in [2.75, 3.05) is 19.8 Å². The van der Waals surface area contributed by atoms with E-state index < -0.39 is 12.0 Å². The fraction of sp³-hybridized carbons (Fsp3) is 0.417. The van der Waals surface area contributed by atoms with Crippen molar-refractivity contribution in [2.45, 2.75) is 12.6 Å². The van der Waals surface area contributed by atoms with Crippen LogP contribution in [0.25, 0.3) is 0 Å². The second kappa shape index (κ2) is 6.59. The first kappa shape index (κ1) is 14.0. The van der Waals surface area contributed by atoms with E-state index in [1.165, 1.54) is 0 Å². The Balaban J connectivity index is 0.00000144. The lowest BCUT2D eigenvalue weighted by Gasteiger charge is -2.32. The number of hydrogen-bond donors (Lipinski definition) is 1. The highest BCUT2D eigenvalue weighted by Gasteiger charge is 2.28. The number of hydrogen-bond acceptors (Lipinski definition) is 3. The maximum Gasteiger partial charge on any atom is 0.323 e. The number of carbonyl (C=O) groups is 1. The Morgan fingerprint density at radius 1 is 1.41 bits per heavy atom. The van der Waals surface area contributed by atoms with Crippen LogP contribution in [0.5, 0.6) is 0 Å². The van der Waals surface area contributed by atoms with Gasteiger partial charge in [0.15, 0.2) is 0 Å². The van der Waals surface area contributed by atoms with Crippen LogP contribution in [-0.4, -0.2) is 41.8 Å². The van der Waals surface area contributed by atoms with Crippen molar-refractivity contribution in [3.63, 3.8) is 0 Å². The minimum Gasteiger partial charge on any atom is -0.480 e. The molecular formula is C12H16ClNO3. The van der Waals surface area contributed by atoms with Crippen LogP contribution in [0, 0.1) is 0 Å². The summed E-state index contributed by atoms with van der Waals surface area (Å²) >= 11 is 0. The minimum atomic E-state index is -0.810. The Morgan fingerprint density at radius 3 is 2.76 bits per heavy atom. The molecule has 5 heteroatoms. The first-order valence-corrected chi connectivity index (χ1v) is 5.36. The van der Waals surface area contributed by atoms with Crippen LogP contribution < -0.4 is 0 Å². The van der Waals surface area contributed by atoms with Gasteiger partial charge in [-0.2, -0.15) is 0 Å². The fourth-order valence-corrected chi connectivity index (χ4v) is 1.87. The lowest BCUT2D eigenvalue weighted by molar-refractivity contribution is -0.150. The zero-order valence-electron chi connectivity index (χ0n) is 9.41. The van der Waals surface area contributed by atoms with Crippen molar-refractivity contribution < 1.29 is 14.6 Å². The van der Waals surface area contributed by atoms with E-state index in [-0.39, 0.29) is 19.0 Å². The van der Waals surface area contributed by atoms with Gasteiger partial charge in [0, 0.05) is 13.1 Å². The molecule has 1 aliphatic heterocycles. The molecule has 0 aromatic heterocycles. The Morgan fingerprint density at radius 2 is 2.12 bits per heavy atom. The highest BCUT2D eigenvalue weighted by atomic mass is 35.5. The highest BCUT2D eigenvalue weighted by molar-refractivity contribution is 5.85. The molecule has 1 aromatic rings. The zero-order chi connectivity index (χ0) is 11.4. The van der Waals surface area contributed by atoms with Crippen molar-refractivity contribution in [3.05, 3.63) is 35.9 Å². The average Bonchev–Trinajstić information content (AvgIpc) is 2.31. The fourth-order valence-electron chi connectivity index (χ4n) is 1.87. The van der Waals surface area contributed by atoms with Gasteiger partial charge in [0.05, 0.1) is 13.2 Å². The van der Waals surface area contributed by atoms with Gasteiger partial charge >= 0.3 is 5.97 Å². The number of aliphatic carboxylic acids is 1. The number of morpholine rings is 1. The summed E-state index contributed by atoms with van der Waals surface area (Å²) in [6, 6.07) is 9.38. The van der Waals surface area contributed by atoms with Crippen molar-refractivity contribution in [1.29, 1.82) is 0 Å². The number of carboxylic acid groups (broad SMARTS) is 1. The summed E-state index contributed by atoms with van der Waals surface area (Å²) in [7, 11) is 0. The van der Waals surface area contributed by atoms with Crippen LogP contribution in [0.4, 0.5) is 0 Å². The smallest absolute Gasteiger partial charge is 0.323 e. The predicted octanol–water partition coefficient (Wildman–Crippen LogP) is 1.39. The number of carboxylic acids is 1. The van der Waals surface area contributed by atoms with Gasteiger partial charge in [-0.1, -0.05) is 30.3 Å². The molecule has 94 valence electrons. The average molecular weight is 258 g/mol. The SMILES string of the molecule is Cl.O=C(O)C1COCCN1Cc1ccccc1. The standard InChI is InChI=1S/C12H15NO3.ClH/c14-12(15)11-9-16-7-6-13(11)8-10-4-2-1-3-5-10;/h1-5,11H,6-9H2,(H,14,15);1H. The Kier molecular flexibility index (Phi) is 5.41. The summed E-state index contributed by atoms with van der Waals surface area (Å²) in [5, 5.41) is 9.07. The van der Waals surface area contributed by atoms with Gasteiger partial charge in [0.25, 0.3) is 0 Å². The number of rotatable bonds is 3. The lowest BCUT2D eigenvalue weighted by Crippen LogP contribution is -2.49. The maximum atomic E-state index is 11.0. The van der Waals surface area contributed by atoms with E-state index in [2.05, 4.69) is 0 Å². The number of ether oxygens (including phenoxy) is 1. The molecule has 17 heavy (non-hydrogen) atoms. The molecule has 1 fully saturated rings. The molecule has 0 saturated carbocycles. The predicted molar refractivity (Wildman–Crippen MR) is 66.3 cm³/mol. The van der Waals surface area contributed by atoms with Crippen molar-refractivity contribution in [3.8, 4) is 0 Å². The van der Waals surface area contributed by atoms with Gasteiger partial charge in [-0.05, 0) is 5.56 Å². The highest BCUT2D eigenvalue weighted by Crippen LogP contribution is 2.12. The molecule has 1 aromatic carbocycles. The summed E-state index contributed by atoms with van der Waals surface area (Å²) in [6.45, 7) is 2.23. The second-order valence-corrected chi connectivity index (χ2v) is 3.89. The Labute approximate surface area is 107 Å². The molecule has 1 N–H and O–H groups in total. The Hall–Kier alpha value is -1.10. The maximum absolute atomic E-state index is 11.0. The molecule has 0 bridgehead atoms. The first-order chi connectivity index (χ1) is 7.77. The number of nitrogens with zero attached hydrogens (tertiary/aromatic N) is 1. The molecule has 1 unspecified atom stereocenters. The van der Waals surface area contributed by atoms with Gasteiger partial charge in [-0.15, -0.1) is 12.4 Å². The van der Waals surface area contributed by atoms with Crippen LogP contribution in [0.3, 0.4) is 0 Å². The lowest BCUT2D eigenvalue weighted by atomic mass is 10.1.